The average molecular weight is 355 g/mol. The number of hydrogen-bond donors (Lipinski definition) is 0. The van der Waals surface area contributed by atoms with Gasteiger partial charge in [0.25, 0.3) is 0 Å². The fourth-order valence-electron chi connectivity index (χ4n) is 2.39. The molecule has 2 aromatic rings. The molecule has 2 rings (SSSR count). The molecule has 0 aliphatic carbocycles. The lowest BCUT2D eigenvalue weighted by Gasteiger charge is -2.21. The Labute approximate surface area is 151 Å². The number of amidine groups is 1. The van der Waals surface area contributed by atoms with Crippen LogP contribution >= 0.6 is 0 Å². The molecule has 0 radical (unpaired) electrons. The van der Waals surface area contributed by atoms with Gasteiger partial charge in [-0.25, -0.2) is 4.98 Å². The van der Waals surface area contributed by atoms with Crippen LogP contribution < -0.4 is 4.90 Å². The van der Waals surface area contributed by atoms with Crippen LogP contribution in [0, 0.1) is 0 Å². The third-order valence-corrected chi connectivity index (χ3v) is 3.77. The molecule has 0 unspecified atom stereocenters. The quantitative estimate of drug-likeness (QED) is 0.459. The van der Waals surface area contributed by atoms with Crippen LogP contribution in [0.4, 0.5) is 5.82 Å². The maximum Gasteiger partial charge on any atom is 0.244 e. The number of carbonyl (C=O) groups is 3. The molecule has 0 spiro atoms. The highest BCUT2D eigenvalue weighted by Crippen LogP contribution is 2.21. The molecule has 0 fully saturated rings. The molecular formula is C18H21N5O3. The van der Waals surface area contributed by atoms with Crippen LogP contribution in [0.15, 0.2) is 41.7 Å². The van der Waals surface area contributed by atoms with Gasteiger partial charge in [0.1, 0.15) is 5.69 Å². The van der Waals surface area contributed by atoms with E-state index in [1.807, 2.05) is 30.3 Å². The Morgan fingerprint density at radius 1 is 1.19 bits per heavy atom. The largest absolute Gasteiger partial charge is 0.322 e. The van der Waals surface area contributed by atoms with Gasteiger partial charge < -0.3 is 9.47 Å². The second-order valence-corrected chi connectivity index (χ2v) is 5.78. The standard InChI is InChI=1S/C18H21N5O3/c1-13(25)20-18(22(4)14(2)26)16-17(21(3)12-24)19-11-23(16)10-15-8-6-5-7-9-15/h5-9,11-12H,10H2,1-4H3. The molecule has 0 N–H and O–H groups in total. The van der Waals surface area contributed by atoms with E-state index >= 15 is 0 Å². The number of rotatable bonds is 5. The molecule has 3 amide bonds. The topological polar surface area (TPSA) is 87.9 Å². The van der Waals surface area contributed by atoms with Crippen LogP contribution in [0.25, 0.3) is 0 Å². The van der Waals surface area contributed by atoms with Crippen LogP contribution in [0.2, 0.25) is 0 Å². The number of hydrogen-bond acceptors (Lipinski definition) is 4. The summed E-state index contributed by atoms with van der Waals surface area (Å²) >= 11 is 0. The van der Waals surface area contributed by atoms with Crippen molar-refractivity contribution in [2.75, 3.05) is 19.0 Å². The Balaban J connectivity index is 2.64. The molecule has 0 saturated carbocycles. The molecule has 0 saturated heterocycles. The Morgan fingerprint density at radius 3 is 2.38 bits per heavy atom. The third-order valence-electron chi connectivity index (χ3n) is 3.77. The number of amides is 3. The van der Waals surface area contributed by atoms with Gasteiger partial charge in [0.05, 0.1) is 6.33 Å². The Bertz CT molecular complexity index is 842. The number of anilines is 1. The molecule has 0 aliphatic rings. The van der Waals surface area contributed by atoms with Gasteiger partial charge in [0, 0.05) is 34.5 Å². The maximum absolute atomic E-state index is 11.9. The van der Waals surface area contributed by atoms with Gasteiger partial charge in [-0.2, -0.15) is 4.99 Å². The third kappa shape index (κ3) is 4.21. The van der Waals surface area contributed by atoms with Gasteiger partial charge in [-0.05, 0) is 5.56 Å². The van der Waals surface area contributed by atoms with Crippen molar-refractivity contribution in [1.82, 2.24) is 14.5 Å². The molecular weight excluding hydrogens is 334 g/mol. The van der Waals surface area contributed by atoms with Crippen LogP contribution in [0.3, 0.4) is 0 Å². The first-order valence-electron chi connectivity index (χ1n) is 7.96. The minimum absolute atomic E-state index is 0.141. The highest BCUT2D eigenvalue weighted by molar-refractivity contribution is 6.13. The molecule has 0 bridgehead atoms. The maximum atomic E-state index is 11.9. The van der Waals surface area contributed by atoms with Gasteiger partial charge in [-0.1, -0.05) is 30.3 Å². The second-order valence-electron chi connectivity index (χ2n) is 5.78. The van der Waals surface area contributed by atoms with Gasteiger partial charge >= 0.3 is 0 Å². The van der Waals surface area contributed by atoms with Gasteiger partial charge in [-0.15, -0.1) is 0 Å². The van der Waals surface area contributed by atoms with E-state index in [4.69, 9.17) is 0 Å². The zero-order chi connectivity index (χ0) is 19.3. The lowest BCUT2D eigenvalue weighted by Crippen LogP contribution is -2.35. The van der Waals surface area contributed by atoms with E-state index in [-0.39, 0.29) is 11.7 Å². The summed E-state index contributed by atoms with van der Waals surface area (Å²) in [5.41, 5.74) is 1.41. The number of imidazole rings is 1. The summed E-state index contributed by atoms with van der Waals surface area (Å²) in [6, 6.07) is 9.64. The lowest BCUT2D eigenvalue weighted by molar-refractivity contribution is -0.124. The van der Waals surface area contributed by atoms with E-state index in [1.54, 1.807) is 17.9 Å². The fraction of sp³-hybridized carbons (Fsp3) is 0.278. The lowest BCUT2D eigenvalue weighted by atomic mass is 10.2. The highest BCUT2D eigenvalue weighted by atomic mass is 16.2. The molecule has 8 nitrogen and oxygen atoms in total. The Morgan fingerprint density at radius 2 is 1.85 bits per heavy atom. The van der Waals surface area contributed by atoms with E-state index in [1.165, 1.54) is 30.7 Å². The first-order valence-corrected chi connectivity index (χ1v) is 7.96. The monoisotopic (exact) mass is 355 g/mol. The van der Waals surface area contributed by atoms with E-state index < -0.39 is 5.91 Å². The molecule has 1 heterocycles. The molecule has 8 heteroatoms. The molecule has 136 valence electrons. The van der Waals surface area contributed by atoms with Crippen LogP contribution in [-0.2, 0) is 20.9 Å². The van der Waals surface area contributed by atoms with Crippen molar-refractivity contribution < 1.29 is 14.4 Å². The van der Waals surface area contributed by atoms with Crippen molar-refractivity contribution >= 4 is 29.9 Å². The van der Waals surface area contributed by atoms with Gasteiger partial charge in [0.15, 0.2) is 11.7 Å². The smallest absolute Gasteiger partial charge is 0.244 e. The van der Waals surface area contributed by atoms with Gasteiger partial charge in [-0.3, -0.25) is 19.3 Å². The summed E-state index contributed by atoms with van der Waals surface area (Å²) in [7, 11) is 3.07. The number of benzene rings is 1. The van der Waals surface area contributed by atoms with Crippen molar-refractivity contribution in [3.05, 3.63) is 47.9 Å². The minimum Gasteiger partial charge on any atom is -0.322 e. The van der Waals surface area contributed by atoms with Crippen molar-refractivity contribution in [1.29, 1.82) is 0 Å². The summed E-state index contributed by atoms with van der Waals surface area (Å²) in [5.74, 6) is -0.302. The Hall–Kier alpha value is -3.29. The van der Waals surface area contributed by atoms with Crippen LogP contribution in [-0.4, -0.2) is 52.6 Å². The SMILES string of the molecule is CC(=O)N=C(c1c(N(C)C=O)ncn1Cc1ccccc1)N(C)C(C)=O. The summed E-state index contributed by atoms with van der Waals surface area (Å²) in [6.45, 7) is 3.12. The van der Waals surface area contributed by atoms with Gasteiger partial charge in [0.2, 0.25) is 18.2 Å². The first kappa shape index (κ1) is 19.0. The molecule has 0 aliphatic heterocycles. The number of nitrogens with zero attached hydrogens (tertiary/aromatic N) is 5. The van der Waals surface area contributed by atoms with Crippen LogP contribution in [0.5, 0.6) is 0 Å². The van der Waals surface area contributed by atoms with E-state index in [0.29, 0.717) is 24.5 Å². The van der Waals surface area contributed by atoms with E-state index in [9.17, 15) is 14.4 Å². The summed E-state index contributed by atoms with van der Waals surface area (Å²) in [4.78, 5) is 45.6. The summed E-state index contributed by atoms with van der Waals surface area (Å²) in [5, 5.41) is 0. The number of aromatic nitrogens is 2. The fourth-order valence-corrected chi connectivity index (χ4v) is 2.39. The van der Waals surface area contributed by atoms with Crippen molar-refractivity contribution in [2.24, 2.45) is 4.99 Å². The van der Waals surface area contributed by atoms with E-state index in [0.717, 1.165) is 5.56 Å². The second kappa shape index (κ2) is 8.19. The minimum atomic E-state index is -0.458. The highest BCUT2D eigenvalue weighted by Gasteiger charge is 2.25. The predicted molar refractivity (Wildman–Crippen MR) is 97.9 cm³/mol. The molecule has 1 aromatic heterocycles. The molecule has 1 aromatic carbocycles. The molecule has 26 heavy (non-hydrogen) atoms. The first-order chi connectivity index (χ1) is 12.3. The number of carbonyl (C=O) groups excluding carboxylic acids is 3. The molecule has 0 atom stereocenters. The van der Waals surface area contributed by atoms with Crippen molar-refractivity contribution in [2.45, 2.75) is 20.4 Å². The summed E-state index contributed by atoms with van der Waals surface area (Å²) in [6.07, 6.45) is 2.17. The normalized spacial score (nSPS) is 11.2. The average Bonchev–Trinajstić information content (AvgIpc) is 3.02. The number of aliphatic imine (C=N–C) groups is 1. The van der Waals surface area contributed by atoms with Crippen LogP contribution in [0.1, 0.15) is 25.1 Å². The van der Waals surface area contributed by atoms with Crippen molar-refractivity contribution in [3.8, 4) is 0 Å². The predicted octanol–water partition coefficient (Wildman–Crippen LogP) is 1.30. The Kier molecular flexibility index (Phi) is 6.00. The zero-order valence-corrected chi connectivity index (χ0v) is 15.2. The zero-order valence-electron chi connectivity index (χ0n) is 15.2. The van der Waals surface area contributed by atoms with E-state index in [2.05, 4.69) is 9.98 Å². The van der Waals surface area contributed by atoms with Crippen molar-refractivity contribution in [3.63, 3.8) is 0 Å². The summed E-state index contributed by atoms with van der Waals surface area (Å²) < 4.78 is 1.76.